The Morgan fingerprint density at radius 3 is 2.22 bits per heavy atom. The van der Waals surface area contributed by atoms with Gasteiger partial charge in [0.25, 0.3) is 5.91 Å². The van der Waals surface area contributed by atoms with Crippen molar-refractivity contribution in [1.82, 2.24) is 9.97 Å². The van der Waals surface area contributed by atoms with Crippen LogP contribution in [0.3, 0.4) is 0 Å². The summed E-state index contributed by atoms with van der Waals surface area (Å²) in [5.41, 5.74) is 2.08. The summed E-state index contributed by atoms with van der Waals surface area (Å²) < 4.78 is 5.63. The topological polar surface area (TPSA) is 67.4 Å². The fourth-order valence-corrected chi connectivity index (χ4v) is 2.06. The number of nitrogens with one attached hydrogen (secondary N) is 1. The Morgan fingerprint density at radius 1 is 1.13 bits per heavy atom. The average molecular weight is 314 g/mol. The fraction of sp³-hybridized carbons (Fsp3) is 0.353. The zero-order valence-corrected chi connectivity index (χ0v) is 14.1. The zero-order chi connectivity index (χ0) is 17.0. The summed E-state index contributed by atoms with van der Waals surface area (Å²) in [6.07, 6.45) is -0.621. The Labute approximate surface area is 136 Å². The number of carbonyl (C=O) groups excluding carboxylic acids is 1. The van der Waals surface area contributed by atoms with Crippen LogP contribution < -0.4 is 15.0 Å². The summed E-state index contributed by atoms with van der Waals surface area (Å²) in [7, 11) is 3.75. The summed E-state index contributed by atoms with van der Waals surface area (Å²) >= 11 is 0. The maximum atomic E-state index is 12.3. The van der Waals surface area contributed by atoms with Gasteiger partial charge in [0.2, 0.25) is 5.95 Å². The number of aromatic nitrogens is 2. The van der Waals surface area contributed by atoms with Crippen molar-refractivity contribution in [2.45, 2.75) is 26.9 Å². The van der Waals surface area contributed by atoms with Crippen LogP contribution >= 0.6 is 0 Å². The number of rotatable bonds is 5. The highest BCUT2D eigenvalue weighted by Gasteiger charge is 2.18. The van der Waals surface area contributed by atoms with Crippen molar-refractivity contribution < 1.29 is 9.53 Å². The molecular weight excluding hydrogens is 292 g/mol. The summed E-state index contributed by atoms with van der Waals surface area (Å²) in [6, 6.07) is 9.25. The lowest BCUT2D eigenvalue weighted by atomic mass is 10.2. The monoisotopic (exact) mass is 314 g/mol. The molecule has 0 unspecified atom stereocenters. The minimum absolute atomic E-state index is 0.235. The molecule has 0 aliphatic carbocycles. The van der Waals surface area contributed by atoms with E-state index < -0.39 is 6.10 Å². The van der Waals surface area contributed by atoms with Crippen LogP contribution in [-0.4, -0.2) is 36.1 Å². The lowest BCUT2D eigenvalue weighted by Gasteiger charge is -2.18. The number of carbonyl (C=O) groups is 1. The van der Waals surface area contributed by atoms with Gasteiger partial charge >= 0.3 is 0 Å². The number of nitrogens with zero attached hydrogens (tertiary/aromatic N) is 3. The molecular formula is C17H22N4O2. The molecule has 0 bridgehead atoms. The quantitative estimate of drug-likeness (QED) is 0.918. The van der Waals surface area contributed by atoms with Crippen LogP contribution in [0, 0.1) is 13.8 Å². The van der Waals surface area contributed by atoms with Gasteiger partial charge in [0.15, 0.2) is 6.10 Å². The summed E-state index contributed by atoms with van der Waals surface area (Å²) in [6.45, 7) is 5.40. The first-order chi connectivity index (χ1) is 10.9. The number of ether oxygens (including phenoxy) is 1. The summed E-state index contributed by atoms with van der Waals surface area (Å²) in [5.74, 6) is 1.04. The molecule has 0 spiro atoms. The number of hydrogen-bond acceptors (Lipinski definition) is 5. The van der Waals surface area contributed by atoms with Gasteiger partial charge in [-0.25, -0.2) is 9.97 Å². The zero-order valence-electron chi connectivity index (χ0n) is 14.1. The predicted octanol–water partition coefficient (Wildman–Crippen LogP) is 2.57. The molecule has 122 valence electrons. The highest BCUT2D eigenvalue weighted by atomic mass is 16.5. The molecule has 0 aliphatic rings. The van der Waals surface area contributed by atoms with E-state index in [9.17, 15) is 4.79 Å². The first-order valence-corrected chi connectivity index (χ1v) is 7.43. The van der Waals surface area contributed by atoms with Crippen molar-refractivity contribution in [2.75, 3.05) is 24.3 Å². The third-order valence-electron chi connectivity index (χ3n) is 3.33. The first-order valence-electron chi connectivity index (χ1n) is 7.43. The molecule has 23 heavy (non-hydrogen) atoms. The third kappa shape index (κ3) is 4.18. The van der Waals surface area contributed by atoms with E-state index in [4.69, 9.17) is 4.74 Å². The molecule has 1 amide bonds. The molecule has 1 N–H and O–H groups in total. The second-order valence-corrected chi connectivity index (χ2v) is 5.53. The van der Waals surface area contributed by atoms with Crippen molar-refractivity contribution in [3.05, 3.63) is 41.7 Å². The van der Waals surface area contributed by atoms with Gasteiger partial charge in [0.1, 0.15) is 5.75 Å². The van der Waals surface area contributed by atoms with Gasteiger partial charge in [-0.05, 0) is 32.9 Å². The number of hydrogen-bond donors (Lipinski definition) is 1. The van der Waals surface area contributed by atoms with Crippen LogP contribution in [0.4, 0.5) is 11.6 Å². The molecule has 2 aromatic rings. The van der Waals surface area contributed by atoms with Gasteiger partial charge in [-0.1, -0.05) is 18.2 Å². The Hall–Kier alpha value is -2.63. The fourth-order valence-electron chi connectivity index (χ4n) is 2.06. The SMILES string of the molecule is Cc1nc(N(C)C)nc(C)c1NC(=O)[C@H](C)Oc1ccccc1. The average Bonchev–Trinajstić information content (AvgIpc) is 2.51. The van der Waals surface area contributed by atoms with Gasteiger partial charge in [0.05, 0.1) is 17.1 Å². The highest BCUT2D eigenvalue weighted by Crippen LogP contribution is 2.20. The van der Waals surface area contributed by atoms with Gasteiger partial charge in [0, 0.05) is 14.1 Å². The molecule has 0 saturated carbocycles. The number of anilines is 2. The Bertz CT molecular complexity index is 663. The second-order valence-electron chi connectivity index (χ2n) is 5.53. The molecule has 0 fully saturated rings. The second kappa shape index (κ2) is 7.09. The maximum Gasteiger partial charge on any atom is 0.265 e. The highest BCUT2D eigenvalue weighted by molar-refractivity contribution is 5.95. The maximum absolute atomic E-state index is 12.3. The van der Waals surface area contributed by atoms with Crippen molar-refractivity contribution in [3.63, 3.8) is 0 Å². The number of amides is 1. The van der Waals surface area contributed by atoms with Crippen LogP contribution in [0.25, 0.3) is 0 Å². The molecule has 6 heteroatoms. The third-order valence-corrected chi connectivity index (χ3v) is 3.33. The van der Waals surface area contributed by atoms with E-state index in [1.807, 2.05) is 63.2 Å². The van der Waals surface area contributed by atoms with Gasteiger partial charge < -0.3 is 15.0 Å². The predicted molar refractivity (Wildman–Crippen MR) is 91.0 cm³/mol. The standard InChI is InChI=1S/C17H22N4O2/c1-11-15(12(2)19-17(18-11)21(4)5)20-16(22)13(3)23-14-9-7-6-8-10-14/h6-10,13H,1-5H3,(H,20,22)/t13-/m0/s1. The van der Waals surface area contributed by atoms with E-state index in [2.05, 4.69) is 15.3 Å². The molecule has 0 radical (unpaired) electrons. The lowest BCUT2D eigenvalue weighted by molar-refractivity contribution is -0.122. The van der Waals surface area contributed by atoms with Crippen LogP contribution in [0.2, 0.25) is 0 Å². The number of para-hydroxylation sites is 1. The Kier molecular flexibility index (Phi) is 5.16. The van der Waals surface area contributed by atoms with Gasteiger partial charge in [-0.2, -0.15) is 0 Å². The van der Waals surface area contributed by atoms with Gasteiger partial charge in [-0.15, -0.1) is 0 Å². The normalized spacial score (nSPS) is 11.7. The molecule has 0 saturated heterocycles. The minimum atomic E-state index is -0.621. The van der Waals surface area contributed by atoms with Crippen LogP contribution in [0.1, 0.15) is 18.3 Å². The van der Waals surface area contributed by atoms with Crippen molar-refractivity contribution >= 4 is 17.5 Å². The Balaban J connectivity index is 2.11. The van der Waals surface area contributed by atoms with Gasteiger partial charge in [-0.3, -0.25) is 4.79 Å². The molecule has 0 aliphatic heterocycles. The molecule has 2 rings (SSSR count). The van der Waals surface area contributed by atoms with Crippen molar-refractivity contribution in [2.24, 2.45) is 0 Å². The Morgan fingerprint density at radius 2 is 1.70 bits per heavy atom. The van der Waals surface area contributed by atoms with Crippen molar-refractivity contribution in [1.29, 1.82) is 0 Å². The largest absolute Gasteiger partial charge is 0.481 e. The summed E-state index contributed by atoms with van der Waals surface area (Å²) in [4.78, 5) is 22.9. The van der Waals surface area contributed by atoms with E-state index in [-0.39, 0.29) is 5.91 Å². The number of benzene rings is 1. The van der Waals surface area contributed by atoms with Crippen LogP contribution in [-0.2, 0) is 4.79 Å². The molecule has 6 nitrogen and oxygen atoms in total. The van der Waals surface area contributed by atoms with E-state index >= 15 is 0 Å². The molecule has 1 heterocycles. The van der Waals surface area contributed by atoms with E-state index in [0.717, 1.165) is 11.4 Å². The van der Waals surface area contributed by atoms with Crippen LogP contribution in [0.5, 0.6) is 5.75 Å². The van der Waals surface area contributed by atoms with E-state index in [0.29, 0.717) is 17.4 Å². The first kappa shape index (κ1) is 16.7. The van der Waals surface area contributed by atoms with E-state index in [1.165, 1.54) is 0 Å². The van der Waals surface area contributed by atoms with Crippen molar-refractivity contribution in [3.8, 4) is 5.75 Å². The molecule has 1 aromatic heterocycles. The van der Waals surface area contributed by atoms with Crippen LogP contribution in [0.15, 0.2) is 30.3 Å². The number of aryl methyl sites for hydroxylation is 2. The minimum Gasteiger partial charge on any atom is -0.481 e. The van der Waals surface area contributed by atoms with E-state index in [1.54, 1.807) is 6.92 Å². The summed E-state index contributed by atoms with van der Waals surface area (Å²) in [5, 5.41) is 2.86. The molecule has 1 aromatic carbocycles. The smallest absolute Gasteiger partial charge is 0.265 e. The molecule has 1 atom stereocenters. The lowest BCUT2D eigenvalue weighted by Crippen LogP contribution is -2.31.